The molecule has 0 aliphatic rings. The van der Waals surface area contributed by atoms with Crippen LogP contribution in [0.15, 0.2) is 53.3 Å². The highest BCUT2D eigenvalue weighted by atomic mass is 19.1. The molecule has 0 bridgehead atoms. The minimum atomic E-state index is -0.492. The predicted octanol–water partition coefficient (Wildman–Crippen LogP) is 2.81. The molecular weight excluding hydrogens is 351 g/mol. The monoisotopic (exact) mass is 368 g/mol. The zero-order chi connectivity index (χ0) is 19.2. The van der Waals surface area contributed by atoms with Gasteiger partial charge in [0.25, 0.3) is 5.56 Å². The largest absolute Gasteiger partial charge is 0.465 e. The zero-order valence-corrected chi connectivity index (χ0v) is 14.4. The highest BCUT2D eigenvalue weighted by Gasteiger charge is 2.12. The van der Waals surface area contributed by atoms with Crippen LogP contribution >= 0.6 is 0 Å². The number of nitrogens with one attached hydrogen (secondary N) is 1. The minimum Gasteiger partial charge on any atom is -0.465 e. The molecule has 0 saturated heterocycles. The van der Waals surface area contributed by atoms with Gasteiger partial charge in [-0.25, -0.2) is 9.49 Å². The van der Waals surface area contributed by atoms with E-state index in [-0.39, 0.29) is 30.8 Å². The molecule has 0 saturated carbocycles. The number of ketones is 1. The number of hydrogen-bond donors (Lipinski definition) is 1. The molecule has 3 aromatic rings. The number of H-pyrrole nitrogens is 1. The summed E-state index contributed by atoms with van der Waals surface area (Å²) in [5, 5.41) is 7.35. The number of rotatable bonds is 7. The zero-order valence-electron chi connectivity index (χ0n) is 14.4. The van der Waals surface area contributed by atoms with Crippen LogP contribution in [0.5, 0.6) is 0 Å². The summed E-state index contributed by atoms with van der Waals surface area (Å²) in [4.78, 5) is 35.7. The standard InChI is InChI=1S/C20H17FN2O4/c21-14-9-7-13(8-10-14)18(24)6-3-11-27-19(25)12-17-15-4-1-2-5-16(15)20(26)23-22-17/h1-2,4-5,7-10H,3,6,11-12H2,(H,23,26). The van der Waals surface area contributed by atoms with Crippen molar-refractivity contribution in [3.05, 3.63) is 76.0 Å². The Bertz CT molecular complexity index is 1030. The van der Waals surface area contributed by atoms with Crippen LogP contribution in [-0.4, -0.2) is 28.6 Å². The fourth-order valence-corrected chi connectivity index (χ4v) is 2.69. The second-order valence-electron chi connectivity index (χ2n) is 5.98. The fourth-order valence-electron chi connectivity index (χ4n) is 2.69. The van der Waals surface area contributed by atoms with Gasteiger partial charge in [-0.1, -0.05) is 18.2 Å². The SMILES string of the molecule is O=C(Cc1n[nH]c(=O)c2ccccc12)OCCCC(=O)c1ccc(F)cc1. The maximum Gasteiger partial charge on any atom is 0.311 e. The summed E-state index contributed by atoms with van der Waals surface area (Å²) < 4.78 is 18.0. The second-order valence-corrected chi connectivity index (χ2v) is 5.98. The first-order valence-electron chi connectivity index (χ1n) is 8.45. The first-order chi connectivity index (χ1) is 13.0. The summed E-state index contributed by atoms with van der Waals surface area (Å²) in [7, 11) is 0. The molecule has 2 aromatic carbocycles. The van der Waals surface area contributed by atoms with E-state index in [1.807, 2.05) is 0 Å². The van der Waals surface area contributed by atoms with E-state index in [2.05, 4.69) is 10.2 Å². The number of esters is 1. The molecule has 0 fully saturated rings. The van der Waals surface area contributed by atoms with Crippen molar-refractivity contribution in [2.45, 2.75) is 19.3 Å². The van der Waals surface area contributed by atoms with Gasteiger partial charge >= 0.3 is 5.97 Å². The van der Waals surface area contributed by atoms with Crippen LogP contribution < -0.4 is 5.56 Å². The predicted molar refractivity (Wildman–Crippen MR) is 97.0 cm³/mol. The Kier molecular flexibility index (Phi) is 5.71. The number of fused-ring (bicyclic) bond motifs is 1. The van der Waals surface area contributed by atoms with E-state index in [1.54, 1.807) is 24.3 Å². The third kappa shape index (κ3) is 4.63. The van der Waals surface area contributed by atoms with Crippen molar-refractivity contribution in [2.75, 3.05) is 6.61 Å². The Balaban J connectivity index is 1.50. The van der Waals surface area contributed by atoms with Gasteiger partial charge in [0.1, 0.15) is 5.82 Å². The molecule has 0 atom stereocenters. The van der Waals surface area contributed by atoms with Gasteiger partial charge in [-0.2, -0.15) is 5.10 Å². The number of carbonyl (C=O) groups excluding carboxylic acids is 2. The number of ether oxygens (including phenoxy) is 1. The van der Waals surface area contributed by atoms with Gasteiger partial charge in [0.2, 0.25) is 0 Å². The Morgan fingerprint density at radius 3 is 2.48 bits per heavy atom. The average molecular weight is 368 g/mol. The van der Waals surface area contributed by atoms with Crippen LogP contribution in [0, 0.1) is 5.82 Å². The summed E-state index contributed by atoms with van der Waals surface area (Å²) in [5.41, 5.74) is 0.534. The maximum atomic E-state index is 12.9. The van der Waals surface area contributed by atoms with E-state index in [0.717, 1.165) is 0 Å². The van der Waals surface area contributed by atoms with E-state index in [9.17, 15) is 18.8 Å². The van der Waals surface area contributed by atoms with Crippen LogP contribution in [0.3, 0.4) is 0 Å². The summed E-state index contributed by atoms with van der Waals surface area (Å²) >= 11 is 0. The van der Waals surface area contributed by atoms with Gasteiger partial charge in [-0.15, -0.1) is 0 Å². The van der Waals surface area contributed by atoms with Crippen molar-refractivity contribution < 1.29 is 18.7 Å². The molecule has 6 nitrogen and oxygen atoms in total. The molecule has 3 rings (SSSR count). The van der Waals surface area contributed by atoms with Crippen LogP contribution in [0.25, 0.3) is 10.8 Å². The number of nitrogens with zero attached hydrogens (tertiary/aromatic N) is 1. The van der Waals surface area contributed by atoms with E-state index in [4.69, 9.17) is 4.74 Å². The Labute approximate surface area is 154 Å². The lowest BCUT2D eigenvalue weighted by atomic mass is 10.1. The summed E-state index contributed by atoms with van der Waals surface area (Å²) in [5.74, 6) is -1.03. The van der Waals surface area contributed by atoms with E-state index in [0.29, 0.717) is 28.5 Å². The molecule has 138 valence electrons. The van der Waals surface area contributed by atoms with Gasteiger partial charge in [0, 0.05) is 17.4 Å². The van der Waals surface area contributed by atoms with E-state index in [1.165, 1.54) is 24.3 Å². The number of Topliss-reactive ketones (excluding diaryl/α,β-unsaturated/α-hetero) is 1. The van der Waals surface area contributed by atoms with Crippen LogP contribution in [0.1, 0.15) is 28.9 Å². The molecule has 0 amide bonds. The van der Waals surface area contributed by atoms with Crippen molar-refractivity contribution in [1.29, 1.82) is 0 Å². The third-order valence-corrected chi connectivity index (χ3v) is 4.06. The van der Waals surface area contributed by atoms with Gasteiger partial charge in [-0.05, 0) is 36.8 Å². The molecule has 0 spiro atoms. The first-order valence-corrected chi connectivity index (χ1v) is 8.45. The molecule has 1 heterocycles. The molecule has 0 aliphatic carbocycles. The average Bonchev–Trinajstić information content (AvgIpc) is 2.68. The topological polar surface area (TPSA) is 89.1 Å². The number of hydrogen-bond acceptors (Lipinski definition) is 5. The van der Waals surface area contributed by atoms with Crippen molar-refractivity contribution in [3.63, 3.8) is 0 Å². The van der Waals surface area contributed by atoms with Crippen LogP contribution in [0.4, 0.5) is 4.39 Å². The van der Waals surface area contributed by atoms with Gasteiger partial charge < -0.3 is 4.74 Å². The summed E-state index contributed by atoms with van der Waals surface area (Å²) in [6.07, 6.45) is 0.476. The van der Waals surface area contributed by atoms with Crippen LogP contribution in [-0.2, 0) is 16.0 Å². The number of aromatic amines is 1. The van der Waals surface area contributed by atoms with Crippen molar-refractivity contribution in [1.82, 2.24) is 10.2 Å². The second kappa shape index (κ2) is 8.35. The lowest BCUT2D eigenvalue weighted by Crippen LogP contribution is -2.15. The molecule has 27 heavy (non-hydrogen) atoms. The number of aromatic nitrogens is 2. The number of carbonyl (C=O) groups is 2. The molecule has 1 N–H and O–H groups in total. The molecular formula is C20H17FN2O4. The molecule has 0 unspecified atom stereocenters. The fraction of sp³-hybridized carbons (Fsp3) is 0.200. The normalized spacial score (nSPS) is 10.7. The minimum absolute atomic E-state index is 0.0802. The number of halogens is 1. The van der Waals surface area contributed by atoms with E-state index < -0.39 is 11.8 Å². The van der Waals surface area contributed by atoms with Crippen molar-refractivity contribution in [3.8, 4) is 0 Å². The first kappa shape index (κ1) is 18.4. The highest BCUT2D eigenvalue weighted by molar-refractivity contribution is 5.96. The lowest BCUT2D eigenvalue weighted by Gasteiger charge is -2.06. The van der Waals surface area contributed by atoms with E-state index >= 15 is 0 Å². The number of benzene rings is 2. The quantitative estimate of drug-likeness (QED) is 0.393. The smallest absolute Gasteiger partial charge is 0.311 e. The maximum absolute atomic E-state index is 12.9. The highest BCUT2D eigenvalue weighted by Crippen LogP contribution is 2.13. The third-order valence-electron chi connectivity index (χ3n) is 4.06. The van der Waals surface area contributed by atoms with Gasteiger partial charge in [-0.3, -0.25) is 14.4 Å². The molecule has 0 aliphatic heterocycles. The molecule has 0 radical (unpaired) electrons. The Morgan fingerprint density at radius 1 is 1.04 bits per heavy atom. The molecule has 1 aromatic heterocycles. The van der Waals surface area contributed by atoms with Gasteiger partial charge in [0.05, 0.1) is 24.1 Å². The summed E-state index contributed by atoms with van der Waals surface area (Å²) in [6, 6.07) is 12.2. The Hall–Kier alpha value is -3.35. The Morgan fingerprint density at radius 2 is 1.74 bits per heavy atom. The van der Waals surface area contributed by atoms with Crippen molar-refractivity contribution >= 4 is 22.5 Å². The molecule has 7 heteroatoms. The summed E-state index contributed by atoms with van der Waals surface area (Å²) in [6.45, 7) is 0.0903. The van der Waals surface area contributed by atoms with Gasteiger partial charge in [0.15, 0.2) is 5.78 Å². The lowest BCUT2D eigenvalue weighted by molar-refractivity contribution is -0.142. The van der Waals surface area contributed by atoms with Crippen LogP contribution in [0.2, 0.25) is 0 Å². The van der Waals surface area contributed by atoms with Crippen molar-refractivity contribution in [2.24, 2.45) is 0 Å².